The number of likely N-dealkylation sites (N-methyl/N-ethyl adjacent to an activating group) is 1. The van der Waals surface area contributed by atoms with Gasteiger partial charge in [-0.2, -0.15) is 0 Å². The Morgan fingerprint density at radius 3 is 2.83 bits per heavy atom. The van der Waals surface area contributed by atoms with E-state index >= 15 is 0 Å². The van der Waals surface area contributed by atoms with Crippen molar-refractivity contribution in [1.29, 1.82) is 0 Å². The van der Waals surface area contributed by atoms with Crippen molar-refractivity contribution >= 4 is 5.65 Å². The molecule has 1 N–H and O–H groups in total. The lowest BCUT2D eigenvalue weighted by atomic mass is 10.0. The number of nitrogens with zero attached hydrogens (tertiary/aromatic N) is 4. The Balaban J connectivity index is 1.71. The van der Waals surface area contributed by atoms with Crippen LogP contribution in [0.5, 0.6) is 0 Å². The summed E-state index contributed by atoms with van der Waals surface area (Å²) in [6.45, 7) is 5.25. The fraction of sp³-hybridized carbons (Fsp3) is 0.333. The van der Waals surface area contributed by atoms with Gasteiger partial charge in [-0.3, -0.25) is 9.30 Å². The summed E-state index contributed by atoms with van der Waals surface area (Å²) in [5, 5.41) is 18.9. The minimum Gasteiger partial charge on any atom is -0.387 e. The first-order valence-electron chi connectivity index (χ1n) is 7.77. The molecule has 2 heterocycles. The van der Waals surface area contributed by atoms with Gasteiger partial charge >= 0.3 is 0 Å². The first-order valence-corrected chi connectivity index (χ1v) is 7.77. The Kier molecular flexibility index (Phi) is 4.41. The van der Waals surface area contributed by atoms with Gasteiger partial charge in [-0.15, -0.1) is 10.2 Å². The predicted octanol–water partition coefficient (Wildman–Crippen LogP) is 2.51. The van der Waals surface area contributed by atoms with Crippen LogP contribution in [0.2, 0.25) is 0 Å². The molecule has 1 atom stereocenters. The van der Waals surface area contributed by atoms with Gasteiger partial charge in [0.15, 0.2) is 11.5 Å². The van der Waals surface area contributed by atoms with E-state index < -0.39 is 6.10 Å². The van der Waals surface area contributed by atoms with Gasteiger partial charge in [-0.1, -0.05) is 29.8 Å². The Morgan fingerprint density at radius 1 is 1.17 bits per heavy atom. The SMILES string of the molecule is Cc1ccc(C)c([C@H](O)CN(C)Cc2nnc3ccccn23)c1. The van der Waals surface area contributed by atoms with Gasteiger partial charge < -0.3 is 5.11 Å². The molecule has 120 valence electrons. The first-order chi connectivity index (χ1) is 11.0. The van der Waals surface area contributed by atoms with Gasteiger partial charge in [0.2, 0.25) is 0 Å². The highest BCUT2D eigenvalue weighted by Crippen LogP contribution is 2.20. The molecule has 5 nitrogen and oxygen atoms in total. The third-order valence-corrected chi connectivity index (χ3v) is 4.07. The van der Waals surface area contributed by atoms with Crippen LogP contribution in [-0.2, 0) is 6.54 Å². The number of hydrogen-bond donors (Lipinski definition) is 1. The molecular formula is C18H22N4O. The lowest BCUT2D eigenvalue weighted by Crippen LogP contribution is -2.25. The summed E-state index contributed by atoms with van der Waals surface area (Å²) in [6.07, 6.45) is 1.44. The zero-order chi connectivity index (χ0) is 16.4. The van der Waals surface area contributed by atoms with Crippen LogP contribution in [-0.4, -0.2) is 38.2 Å². The number of aryl methyl sites for hydroxylation is 2. The Morgan fingerprint density at radius 2 is 2.00 bits per heavy atom. The fourth-order valence-electron chi connectivity index (χ4n) is 2.82. The van der Waals surface area contributed by atoms with E-state index in [-0.39, 0.29) is 0 Å². The smallest absolute Gasteiger partial charge is 0.160 e. The van der Waals surface area contributed by atoms with Crippen LogP contribution < -0.4 is 0 Å². The van der Waals surface area contributed by atoms with Crippen molar-refractivity contribution in [3.63, 3.8) is 0 Å². The average molecular weight is 310 g/mol. The number of aromatic nitrogens is 3. The largest absolute Gasteiger partial charge is 0.387 e. The molecule has 0 unspecified atom stereocenters. The summed E-state index contributed by atoms with van der Waals surface area (Å²) in [7, 11) is 1.98. The van der Waals surface area contributed by atoms with Crippen molar-refractivity contribution in [1.82, 2.24) is 19.5 Å². The van der Waals surface area contributed by atoms with Crippen molar-refractivity contribution in [3.8, 4) is 0 Å². The van der Waals surface area contributed by atoms with E-state index in [1.165, 1.54) is 0 Å². The molecule has 3 aromatic rings. The molecule has 0 saturated heterocycles. The Hall–Kier alpha value is -2.24. The zero-order valence-corrected chi connectivity index (χ0v) is 13.8. The van der Waals surface area contributed by atoms with Crippen LogP contribution in [0.1, 0.15) is 28.6 Å². The van der Waals surface area contributed by atoms with E-state index in [0.29, 0.717) is 13.1 Å². The standard InChI is InChI=1S/C18H22N4O/c1-13-7-8-14(2)15(10-13)16(23)11-21(3)12-18-20-19-17-6-4-5-9-22(17)18/h4-10,16,23H,11-12H2,1-3H3/t16-/m1/s1. The van der Waals surface area contributed by atoms with E-state index in [9.17, 15) is 5.11 Å². The maximum absolute atomic E-state index is 10.6. The van der Waals surface area contributed by atoms with Gasteiger partial charge in [-0.25, -0.2) is 0 Å². The molecule has 23 heavy (non-hydrogen) atoms. The molecule has 0 aliphatic rings. The Labute approximate surface area is 136 Å². The average Bonchev–Trinajstić information content (AvgIpc) is 2.93. The van der Waals surface area contributed by atoms with Crippen molar-refractivity contribution in [2.24, 2.45) is 0 Å². The molecule has 0 saturated carbocycles. The topological polar surface area (TPSA) is 53.7 Å². The quantitative estimate of drug-likeness (QED) is 0.787. The summed E-state index contributed by atoms with van der Waals surface area (Å²) in [4.78, 5) is 2.07. The van der Waals surface area contributed by atoms with E-state index in [2.05, 4.69) is 33.3 Å². The van der Waals surface area contributed by atoms with Crippen LogP contribution in [0, 0.1) is 13.8 Å². The number of fused-ring (bicyclic) bond motifs is 1. The van der Waals surface area contributed by atoms with E-state index in [1.54, 1.807) is 0 Å². The molecule has 0 amide bonds. The minimum atomic E-state index is -0.515. The van der Waals surface area contributed by atoms with Gasteiger partial charge in [0.05, 0.1) is 12.6 Å². The minimum absolute atomic E-state index is 0.515. The highest BCUT2D eigenvalue weighted by Gasteiger charge is 2.15. The second-order valence-corrected chi connectivity index (χ2v) is 6.12. The third kappa shape index (κ3) is 3.41. The lowest BCUT2D eigenvalue weighted by molar-refractivity contribution is 0.122. The number of aliphatic hydroxyl groups excluding tert-OH is 1. The summed E-state index contributed by atoms with van der Waals surface area (Å²) < 4.78 is 1.97. The Bertz CT molecular complexity index is 812. The summed E-state index contributed by atoms with van der Waals surface area (Å²) >= 11 is 0. The van der Waals surface area contributed by atoms with E-state index in [1.807, 2.05) is 49.7 Å². The van der Waals surface area contributed by atoms with Crippen molar-refractivity contribution in [2.45, 2.75) is 26.5 Å². The monoisotopic (exact) mass is 310 g/mol. The first kappa shape index (κ1) is 15.6. The molecular weight excluding hydrogens is 288 g/mol. The van der Waals surface area contributed by atoms with Crippen LogP contribution in [0.4, 0.5) is 0 Å². The third-order valence-electron chi connectivity index (χ3n) is 4.07. The van der Waals surface area contributed by atoms with Gasteiger partial charge in [0.1, 0.15) is 0 Å². The van der Waals surface area contributed by atoms with E-state index in [0.717, 1.165) is 28.2 Å². The number of benzene rings is 1. The number of hydrogen-bond acceptors (Lipinski definition) is 4. The number of rotatable bonds is 5. The lowest BCUT2D eigenvalue weighted by Gasteiger charge is -2.21. The summed E-state index contributed by atoms with van der Waals surface area (Å²) in [5.41, 5.74) is 4.11. The fourth-order valence-corrected chi connectivity index (χ4v) is 2.82. The van der Waals surface area contributed by atoms with Crippen molar-refractivity contribution in [3.05, 3.63) is 65.1 Å². The summed E-state index contributed by atoms with van der Waals surface area (Å²) in [6, 6.07) is 12.0. The number of pyridine rings is 1. The van der Waals surface area contributed by atoms with Crippen LogP contribution in [0.3, 0.4) is 0 Å². The maximum Gasteiger partial charge on any atom is 0.160 e. The zero-order valence-electron chi connectivity index (χ0n) is 13.8. The summed E-state index contributed by atoms with van der Waals surface area (Å²) in [5.74, 6) is 0.872. The highest BCUT2D eigenvalue weighted by atomic mass is 16.3. The molecule has 0 aliphatic carbocycles. The van der Waals surface area contributed by atoms with Crippen LogP contribution in [0.25, 0.3) is 5.65 Å². The molecule has 0 radical (unpaired) electrons. The second kappa shape index (κ2) is 6.48. The van der Waals surface area contributed by atoms with Crippen LogP contribution in [0.15, 0.2) is 42.6 Å². The van der Waals surface area contributed by atoms with Gasteiger partial charge in [-0.05, 0) is 44.2 Å². The molecule has 0 bridgehead atoms. The molecule has 1 aromatic carbocycles. The molecule has 0 fully saturated rings. The maximum atomic E-state index is 10.6. The molecule has 0 aliphatic heterocycles. The molecule has 0 spiro atoms. The van der Waals surface area contributed by atoms with Gasteiger partial charge in [0, 0.05) is 12.7 Å². The van der Waals surface area contributed by atoms with Gasteiger partial charge in [0.25, 0.3) is 0 Å². The van der Waals surface area contributed by atoms with Crippen LogP contribution >= 0.6 is 0 Å². The van der Waals surface area contributed by atoms with E-state index in [4.69, 9.17) is 0 Å². The predicted molar refractivity (Wildman–Crippen MR) is 90.2 cm³/mol. The number of aliphatic hydroxyl groups is 1. The highest BCUT2D eigenvalue weighted by molar-refractivity contribution is 5.37. The second-order valence-electron chi connectivity index (χ2n) is 6.12. The molecule has 5 heteroatoms. The normalized spacial score (nSPS) is 12.9. The molecule has 2 aromatic heterocycles. The van der Waals surface area contributed by atoms with Crippen molar-refractivity contribution in [2.75, 3.05) is 13.6 Å². The van der Waals surface area contributed by atoms with Crippen molar-refractivity contribution < 1.29 is 5.11 Å². The molecule has 3 rings (SSSR count).